The molecule has 134 valence electrons. The number of nitrogens with zero attached hydrogens (tertiary/aromatic N) is 3. The van der Waals surface area contributed by atoms with E-state index >= 15 is 0 Å². The second-order valence-electron chi connectivity index (χ2n) is 6.21. The lowest BCUT2D eigenvalue weighted by Gasteiger charge is -2.34. The fraction of sp³-hybridized carbons (Fsp3) is 0.263. The van der Waals surface area contributed by atoms with Gasteiger partial charge in [-0.2, -0.15) is 0 Å². The number of rotatable bonds is 3. The molecule has 2 amide bonds. The van der Waals surface area contributed by atoms with Gasteiger partial charge in [-0.3, -0.25) is 0 Å². The molecule has 0 saturated carbocycles. The average molecular weight is 351 g/mol. The smallest absolute Gasteiger partial charge is 0.321 e. The summed E-state index contributed by atoms with van der Waals surface area (Å²) in [6, 6.07) is 15.3. The van der Waals surface area contributed by atoms with E-state index in [4.69, 9.17) is 4.74 Å². The van der Waals surface area contributed by atoms with Gasteiger partial charge in [-0.05, 0) is 24.3 Å². The molecule has 3 aromatic rings. The summed E-state index contributed by atoms with van der Waals surface area (Å²) in [5, 5.41) is 2.93. The van der Waals surface area contributed by atoms with E-state index in [1.54, 1.807) is 7.11 Å². The number of nitrogens with one attached hydrogen (secondary N) is 2. The van der Waals surface area contributed by atoms with Crippen LogP contribution in [0.2, 0.25) is 0 Å². The van der Waals surface area contributed by atoms with Gasteiger partial charge in [0.1, 0.15) is 5.75 Å². The summed E-state index contributed by atoms with van der Waals surface area (Å²) in [5.41, 5.74) is 2.72. The van der Waals surface area contributed by atoms with Crippen LogP contribution in [0.4, 0.5) is 16.4 Å². The number of aromatic nitrogens is 2. The molecule has 2 heterocycles. The largest absolute Gasteiger partial charge is 0.497 e. The van der Waals surface area contributed by atoms with Crippen molar-refractivity contribution in [1.29, 1.82) is 0 Å². The highest BCUT2D eigenvalue weighted by molar-refractivity contribution is 5.89. The fourth-order valence-corrected chi connectivity index (χ4v) is 3.11. The number of anilines is 2. The zero-order chi connectivity index (χ0) is 17.9. The molecule has 26 heavy (non-hydrogen) atoms. The number of piperazine rings is 1. The van der Waals surface area contributed by atoms with Crippen LogP contribution in [0.3, 0.4) is 0 Å². The van der Waals surface area contributed by atoms with Crippen molar-refractivity contribution in [3.63, 3.8) is 0 Å². The fourth-order valence-electron chi connectivity index (χ4n) is 3.11. The van der Waals surface area contributed by atoms with Crippen molar-refractivity contribution < 1.29 is 9.53 Å². The van der Waals surface area contributed by atoms with Crippen molar-refractivity contribution in [2.45, 2.75) is 0 Å². The van der Waals surface area contributed by atoms with E-state index in [2.05, 4.69) is 20.2 Å². The SMILES string of the molecule is COc1cccc(NC(=O)N2CCN(c3nc4ccccc4[nH]3)CC2)c1. The monoisotopic (exact) mass is 351 g/mol. The van der Waals surface area contributed by atoms with Crippen molar-refractivity contribution in [3.05, 3.63) is 48.5 Å². The number of imidazole rings is 1. The molecule has 0 atom stereocenters. The molecule has 1 aromatic heterocycles. The number of methoxy groups -OCH3 is 1. The van der Waals surface area contributed by atoms with Gasteiger partial charge in [-0.25, -0.2) is 9.78 Å². The zero-order valence-corrected chi connectivity index (χ0v) is 14.6. The highest BCUT2D eigenvalue weighted by atomic mass is 16.5. The third-order valence-corrected chi connectivity index (χ3v) is 4.56. The van der Waals surface area contributed by atoms with E-state index in [1.165, 1.54) is 0 Å². The Labute approximate surface area is 151 Å². The predicted molar refractivity (Wildman–Crippen MR) is 102 cm³/mol. The number of H-pyrrole nitrogens is 1. The maximum atomic E-state index is 12.5. The van der Waals surface area contributed by atoms with Gasteiger partial charge in [0.15, 0.2) is 0 Å². The van der Waals surface area contributed by atoms with E-state index < -0.39 is 0 Å². The molecule has 0 aliphatic carbocycles. The van der Waals surface area contributed by atoms with E-state index in [1.807, 2.05) is 53.4 Å². The Bertz CT molecular complexity index is 882. The first-order chi connectivity index (χ1) is 12.7. The van der Waals surface area contributed by atoms with Crippen LogP contribution in [0.5, 0.6) is 5.75 Å². The number of hydrogen-bond donors (Lipinski definition) is 2. The van der Waals surface area contributed by atoms with E-state index in [0.29, 0.717) is 13.1 Å². The molecule has 1 aliphatic heterocycles. The number of ether oxygens (including phenoxy) is 1. The molecule has 7 heteroatoms. The van der Waals surface area contributed by atoms with Crippen molar-refractivity contribution in [1.82, 2.24) is 14.9 Å². The van der Waals surface area contributed by atoms with Crippen molar-refractivity contribution in [3.8, 4) is 5.75 Å². The lowest BCUT2D eigenvalue weighted by Crippen LogP contribution is -2.50. The number of aromatic amines is 1. The lowest BCUT2D eigenvalue weighted by molar-refractivity contribution is 0.208. The molecule has 0 radical (unpaired) electrons. The molecule has 2 aromatic carbocycles. The van der Waals surface area contributed by atoms with Crippen LogP contribution in [0.15, 0.2) is 48.5 Å². The van der Waals surface area contributed by atoms with Gasteiger partial charge in [0.25, 0.3) is 0 Å². The Kier molecular flexibility index (Phi) is 4.35. The molecule has 0 spiro atoms. The van der Waals surface area contributed by atoms with Crippen LogP contribution in [-0.4, -0.2) is 54.2 Å². The molecule has 0 bridgehead atoms. The summed E-state index contributed by atoms with van der Waals surface area (Å²) in [7, 11) is 1.61. The lowest BCUT2D eigenvalue weighted by atomic mass is 10.3. The second-order valence-corrected chi connectivity index (χ2v) is 6.21. The number of urea groups is 1. The Morgan fingerprint density at radius 1 is 1.12 bits per heavy atom. The summed E-state index contributed by atoms with van der Waals surface area (Å²) in [4.78, 5) is 24.5. The predicted octanol–water partition coefficient (Wildman–Crippen LogP) is 2.93. The van der Waals surface area contributed by atoms with Crippen molar-refractivity contribution in [2.75, 3.05) is 43.5 Å². The van der Waals surface area contributed by atoms with E-state index in [-0.39, 0.29) is 6.03 Å². The molecule has 0 unspecified atom stereocenters. The van der Waals surface area contributed by atoms with Crippen molar-refractivity contribution in [2.24, 2.45) is 0 Å². The van der Waals surface area contributed by atoms with Gasteiger partial charge >= 0.3 is 6.03 Å². The van der Waals surface area contributed by atoms with Gasteiger partial charge in [-0.1, -0.05) is 18.2 Å². The van der Waals surface area contributed by atoms with Gasteiger partial charge < -0.3 is 24.8 Å². The highest BCUT2D eigenvalue weighted by Gasteiger charge is 2.23. The number of fused-ring (bicyclic) bond motifs is 1. The molecule has 4 rings (SSSR count). The third-order valence-electron chi connectivity index (χ3n) is 4.56. The van der Waals surface area contributed by atoms with Gasteiger partial charge in [0.2, 0.25) is 5.95 Å². The highest BCUT2D eigenvalue weighted by Crippen LogP contribution is 2.20. The summed E-state index contributed by atoms with van der Waals surface area (Å²) >= 11 is 0. The first kappa shape index (κ1) is 16.3. The molecular formula is C19H21N5O2. The molecule has 1 fully saturated rings. The van der Waals surface area contributed by atoms with Crippen LogP contribution in [0.1, 0.15) is 0 Å². The Morgan fingerprint density at radius 2 is 1.92 bits per heavy atom. The number of para-hydroxylation sites is 2. The van der Waals surface area contributed by atoms with Crippen molar-refractivity contribution >= 4 is 28.7 Å². The quantitative estimate of drug-likeness (QED) is 0.761. The van der Waals surface area contributed by atoms with Crippen LogP contribution >= 0.6 is 0 Å². The minimum atomic E-state index is -0.0949. The van der Waals surface area contributed by atoms with Crippen LogP contribution in [-0.2, 0) is 0 Å². The number of carbonyl (C=O) groups excluding carboxylic acids is 1. The first-order valence-corrected chi connectivity index (χ1v) is 8.62. The summed E-state index contributed by atoms with van der Waals surface area (Å²) in [6.45, 7) is 2.77. The minimum Gasteiger partial charge on any atom is -0.497 e. The standard InChI is InChI=1S/C19H21N5O2/c1-26-15-6-4-5-14(13-15)20-19(25)24-11-9-23(10-12-24)18-21-16-7-2-3-8-17(16)22-18/h2-8,13H,9-12H2,1H3,(H,20,25)(H,21,22). The summed E-state index contributed by atoms with van der Waals surface area (Å²) in [6.07, 6.45) is 0. The van der Waals surface area contributed by atoms with Crippen LogP contribution in [0.25, 0.3) is 11.0 Å². The maximum Gasteiger partial charge on any atom is 0.321 e. The van der Waals surface area contributed by atoms with Gasteiger partial charge in [-0.15, -0.1) is 0 Å². The second kappa shape index (κ2) is 6.95. The molecule has 1 saturated heterocycles. The molecule has 7 nitrogen and oxygen atoms in total. The number of carbonyl (C=O) groups is 1. The van der Waals surface area contributed by atoms with Gasteiger partial charge in [0, 0.05) is 37.9 Å². The zero-order valence-electron chi connectivity index (χ0n) is 14.6. The Balaban J connectivity index is 1.37. The molecule has 2 N–H and O–H groups in total. The van der Waals surface area contributed by atoms with E-state index in [9.17, 15) is 4.79 Å². The Hall–Kier alpha value is -3.22. The number of hydrogen-bond acceptors (Lipinski definition) is 4. The van der Waals surface area contributed by atoms with Crippen LogP contribution in [0, 0.1) is 0 Å². The van der Waals surface area contributed by atoms with Crippen LogP contribution < -0.4 is 15.0 Å². The summed E-state index contributed by atoms with van der Waals surface area (Å²) in [5.74, 6) is 1.58. The van der Waals surface area contributed by atoms with Gasteiger partial charge in [0.05, 0.1) is 18.1 Å². The minimum absolute atomic E-state index is 0.0949. The summed E-state index contributed by atoms with van der Waals surface area (Å²) < 4.78 is 5.19. The first-order valence-electron chi connectivity index (χ1n) is 8.62. The molecular weight excluding hydrogens is 330 g/mol. The maximum absolute atomic E-state index is 12.5. The average Bonchev–Trinajstić information content (AvgIpc) is 3.12. The topological polar surface area (TPSA) is 73.5 Å². The van der Waals surface area contributed by atoms with E-state index in [0.717, 1.165) is 41.5 Å². The number of benzene rings is 2. The third kappa shape index (κ3) is 3.28. The normalized spacial score (nSPS) is 14.5. The molecule has 1 aliphatic rings. The number of amides is 2. The Morgan fingerprint density at radius 3 is 2.69 bits per heavy atom.